The van der Waals surface area contributed by atoms with Crippen LogP contribution in [-0.4, -0.2) is 22.7 Å². The molecule has 0 unspecified atom stereocenters. The highest BCUT2D eigenvalue weighted by atomic mass is 16.5. The third kappa shape index (κ3) is 2.39. The number of nitrogens with one attached hydrogen (secondary N) is 2. The molecule has 0 saturated heterocycles. The van der Waals surface area contributed by atoms with Gasteiger partial charge in [-0.05, 0) is 25.8 Å². The van der Waals surface area contributed by atoms with Crippen molar-refractivity contribution in [3.05, 3.63) is 47.3 Å². The standard InChI is InChI=1S/C15H17N3O2/c1-10-12(9-16-18-10)15(19)17-13-6-4-8-20-14-7-3-2-5-11(13)14/h2-3,5,7,9,13H,4,6,8H2,1H3,(H,16,18)(H,17,19)/t13-/m1/s1. The van der Waals surface area contributed by atoms with Crippen LogP contribution in [0.25, 0.3) is 0 Å². The Balaban J connectivity index is 1.84. The van der Waals surface area contributed by atoms with Gasteiger partial charge in [0.15, 0.2) is 0 Å². The molecule has 20 heavy (non-hydrogen) atoms. The summed E-state index contributed by atoms with van der Waals surface area (Å²) < 4.78 is 5.70. The lowest BCUT2D eigenvalue weighted by Gasteiger charge is -2.18. The molecule has 0 fully saturated rings. The maximum Gasteiger partial charge on any atom is 0.255 e. The molecule has 0 radical (unpaired) electrons. The van der Waals surface area contributed by atoms with Gasteiger partial charge in [-0.1, -0.05) is 18.2 Å². The molecular weight excluding hydrogens is 254 g/mol. The van der Waals surface area contributed by atoms with Gasteiger partial charge in [0.25, 0.3) is 5.91 Å². The minimum absolute atomic E-state index is 0.0181. The third-order valence-electron chi connectivity index (χ3n) is 3.57. The van der Waals surface area contributed by atoms with E-state index in [9.17, 15) is 4.79 Å². The molecule has 0 spiro atoms. The molecule has 3 rings (SSSR count). The largest absolute Gasteiger partial charge is 0.493 e. The first kappa shape index (κ1) is 12.7. The monoisotopic (exact) mass is 271 g/mol. The number of benzene rings is 1. The fraction of sp³-hybridized carbons (Fsp3) is 0.333. The van der Waals surface area contributed by atoms with E-state index < -0.39 is 0 Å². The van der Waals surface area contributed by atoms with Crippen LogP contribution < -0.4 is 10.1 Å². The van der Waals surface area contributed by atoms with Crippen molar-refractivity contribution in [1.82, 2.24) is 15.5 Å². The van der Waals surface area contributed by atoms with Crippen LogP contribution in [0.1, 0.15) is 40.5 Å². The van der Waals surface area contributed by atoms with E-state index in [1.807, 2.05) is 31.2 Å². The van der Waals surface area contributed by atoms with Crippen LogP contribution in [0.15, 0.2) is 30.5 Å². The van der Waals surface area contributed by atoms with Crippen molar-refractivity contribution in [2.24, 2.45) is 0 Å². The van der Waals surface area contributed by atoms with Crippen molar-refractivity contribution < 1.29 is 9.53 Å². The number of H-pyrrole nitrogens is 1. The zero-order chi connectivity index (χ0) is 13.9. The molecule has 1 aliphatic heterocycles. The van der Waals surface area contributed by atoms with E-state index >= 15 is 0 Å². The summed E-state index contributed by atoms with van der Waals surface area (Å²) in [6, 6.07) is 7.85. The molecule has 5 heteroatoms. The third-order valence-corrected chi connectivity index (χ3v) is 3.57. The maximum atomic E-state index is 12.3. The highest BCUT2D eigenvalue weighted by Gasteiger charge is 2.22. The number of aryl methyl sites for hydroxylation is 1. The highest BCUT2D eigenvalue weighted by molar-refractivity contribution is 5.95. The first-order chi connectivity index (χ1) is 9.75. The molecule has 0 aliphatic carbocycles. The zero-order valence-corrected chi connectivity index (χ0v) is 11.3. The summed E-state index contributed by atoms with van der Waals surface area (Å²) in [7, 11) is 0. The van der Waals surface area contributed by atoms with Gasteiger partial charge in [0.1, 0.15) is 5.75 Å². The van der Waals surface area contributed by atoms with Crippen LogP contribution in [0, 0.1) is 6.92 Å². The summed E-state index contributed by atoms with van der Waals surface area (Å²) in [5, 5.41) is 9.75. The molecule has 0 saturated carbocycles. The van der Waals surface area contributed by atoms with Crippen LogP contribution in [0.4, 0.5) is 0 Å². The Morgan fingerprint density at radius 1 is 1.45 bits per heavy atom. The number of ether oxygens (including phenoxy) is 1. The molecule has 5 nitrogen and oxygen atoms in total. The lowest BCUT2D eigenvalue weighted by atomic mass is 10.0. The topological polar surface area (TPSA) is 67.0 Å². The van der Waals surface area contributed by atoms with E-state index in [4.69, 9.17) is 4.74 Å². The normalized spacial score (nSPS) is 17.8. The van der Waals surface area contributed by atoms with Gasteiger partial charge in [-0.25, -0.2) is 0 Å². The van der Waals surface area contributed by atoms with E-state index in [1.165, 1.54) is 0 Å². The zero-order valence-electron chi connectivity index (χ0n) is 11.3. The van der Waals surface area contributed by atoms with Gasteiger partial charge >= 0.3 is 0 Å². The van der Waals surface area contributed by atoms with Crippen molar-refractivity contribution in [2.75, 3.05) is 6.61 Å². The summed E-state index contributed by atoms with van der Waals surface area (Å²) >= 11 is 0. The minimum atomic E-state index is -0.0991. The number of fused-ring (bicyclic) bond motifs is 1. The molecular formula is C15H17N3O2. The lowest BCUT2D eigenvalue weighted by molar-refractivity contribution is 0.0934. The van der Waals surface area contributed by atoms with E-state index in [2.05, 4.69) is 15.5 Å². The Morgan fingerprint density at radius 2 is 2.30 bits per heavy atom. The highest BCUT2D eigenvalue weighted by Crippen LogP contribution is 2.31. The van der Waals surface area contributed by atoms with E-state index in [0.29, 0.717) is 12.2 Å². The van der Waals surface area contributed by atoms with Crippen molar-refractivity contribution >= 4 is 5.91 Å². The van der Waals surface area contributed by atoms with Gasteiger partial charge in [-0.3, -0.25) is 9.89 Å². The predicted octanol–water partition coefficient (Wildman–Crippen LogP) is 2.36. The molecule has 2 heterocycles. The quantitative estimate of drug-likeness (QED) is 0.881. The second-order valence-electron chi connectivity index (χ2n) is 4.96. The van der Waals surface area contributed by atoms with Gasteiger partial charge in [0.05, 0.1) is 24.4 Å². The van der Waals surface area contributed by atoms with Crippen LogP contribution in [0.3, 0.4) is 0 Å². The average molecular weight is 271 g/mol. The van der Waals surface area contributed by atoms with Gasteiger partial charge in [-0.2, -0.15) is 5.10 Å². The Hall–Kier alpha value is -2.30. The fourth-order valence-electron chi connectivity index (χ4n) is 2.49. The van der Waals surface area contributed by atoms with Gasteiger partial charge in [-0.15, -0.1) is 0 Å². The number of hydrogen-bond acceptors (Lipinski definition) is 3. The Kier molecular flexibility index (Phi) is 3.41. The molecule has 1 atom stereocenters. The van der Waals surface area contributed by atoms with Crippen molar-refractivity contribution in [3.63, 3.8) is 0 Å². The molecule has 2 aromatic rings. The number of para-hydroxylation sites is 1. The Bertz CT molecular complexity index is 621. The summed E-state index contributed by atoms with van der Waals surface area (Å²) in [5.74, 6) is 0.761. The number of nitrogens with zero attached hydrogens (tertiary/aromatic N) is 1. The summed E-state index contributed by atoms with van der Waals surface area (Å²) in [6.07, 6.45) is 3.35. The van der Waals surface area contributed by atoms with Crippen LogP contribution in [0.5, 0.6) is 5.75 Å². The Labute approximate surface area is 117 Å². The number of aromatic nitrogens is 2. The molecule has 0 bridgehead atoms. The minimum Gasteiger partial charge on any atom is -0.493 e. The van der Waals surface area contributed by atoms with Crippen molar-refractivity contribution in [3.8, 4) is 5.75 Å². The van der Waals surface area contributed by atoms with Crippen molar-refractivity contribution in [1.29, 1.82) is 0 Å². The molecule has 1 aliphatic rings. The Morgan fingerprint density at radius 3 is 3.10 bits per heavy atom. The molecule has 104 valence electrons. The fourth-order valence-corrected chi connectivity index (χ4v) is 2.49. The number of amides is 1. The van der Waals surface area contributed by atoms with E-state index in [0.717, 1.165) is 29.8 Å². The lowest BCUT2D eigenvalue weighted by Crippen LogP contribution is -2.28. The first-order valence-electron chi connectivity index (χ1n) is 6.78. The SMILES string of the molecule is Cc1[nH]ncc1C(=O)N[C@@H]1CCCOc2ccccc21. The second kappa shape index (κ2) is 5.36. The molecule has 2 N–H and O–H groups in total. The van der Waals surface area contributed by atoms with Gasteiger partial charge in [0, 0.05) is 11.3 Å². The van der Waals surface area contributed by atoms with Gasteiger partial charge < -0.3 is 10.1 Å². The predicted molar refractivity (Wildman–Crippen MR) is 74.7 cm³/mol. The molecule has 1 amide bonds. The molecule has 1 aromatic heterocycles. The van der Waals surface area contributed by atoms with E-state index in [1.54, 1.807) is 6.20 Å². The summed E-state index contributed by atoms with van der Waals surface area (Å²) in [6.45, 7) is 2.53. The average Bonchev–Trinajstić information content (AvgIpc) is 2.78. The number of carbonyl (C=O) groups is 1. The van der Waals surface area contributed by atoms with E-state index in [-0.39, 0.29) is 11.9 Å². The maximum absolute atomic E-state index is 12.3. The van der Waals surface area contributed by atoms with Crippen LogP contribution >= 0.6 is 0 Å². The van der Waals surface area contributed by atoms with Crippen LogP contribution in [0.2, 0.25) is 0 Å². The number of aromatic amines is 1. The molecule has 1 aromatic carbocycles. The number of rotatable bonds is 2. The number of hydrogen-bond donors (Lipinski definition) is 2. The van der Waals surface area contributed by atoms with Crippen LogP contribution in [-0.2, 0) is 0 Å². The number of carbonyl (C=O) groups excluding carboxylic acids is 1. The first-order valence-corrected chi connectivity index (χ1v) is 6.78. The van der Waals surface area contributed by atoms with Crippen molar-refractivity contribution in [2.45, 2.75) is 25.8 Å². The second-order valence-corrected chi connectivity index (χ2v) is 4.96. The smallest absolute Gasteiger partial charge is 0.255 e. The van der Waals surface area contributed by atoms with Gasteiger partial charge in [0.2, 0.25) is 0 Å². The summed E-state index contributed by atoms with van der Waals surface area (Å²) in [5.41, 5.74) is 2.41. The summed E-state index contributed by atoms with van der Waals surface area (Å²) in [4.78, 5) is 12.3.